The highest BCUT2D eigenvalue weighted by Gasteiger charge is 2.26. The number of esters is 1. The molecule has 6 nitrogen and oxygen atoms in total. The number of hydrogen-bond donors (Lipinski definition) is 0. The quantitative estimate of drug-likeness (QED) is 0.782. The number of anilines is 1. The van der Waals surface area contributed by atoms with Crippen LogP contribution in [0, 0.1) is 0 Å². The highest BCUT2D eigenvalue weighted by molar-refractivity contribution is 7.90. The average molecular weight is 362 g/mol. The summed E-state index contributed by atoms with van der Waals surface area (Å²) in [6.07, 6.45) is 8.05. The lowest BCUT2D eigenvalue weighted by Crippen LogP contribution is -2.32. The number of nitrogens with zero attached hydrogens (tertiary/aromatic N) is 2. The van der Waals surface area contributed by atoms with Crippen LogP contribution in [0.4, 0.5) is 5.69 Å². The fraction of sp³-hybridized carbons (Fsp3) is 0.389. The van der Waals surface area contributed by atoms with Crippen molar-refractivity contribution in [3.8, 4) is 5.69 Å². The molecule has 0 unspecified atom stereocenters. The molecule has 1 aromatic heterocycles. The van der Waals surface area contributed by atoms with Gasteiger partial charge in [0.1, 0.15) is 0 Å². The molecule has 1 saturated heterocycles. The predicted molar refractivity (Wildman–Crippen MR) is 96.3 cm³/mol. The summed E-state index contributed by atoms with van der Waals surface area (Å²) in [6.45, 7) is 1.60. The highest BCUT2D eigenvalue weighted by Crippen LogP contribution is 2.35. The maximum atomic E-state index is 12.5. The summed E-state index contributed by atoms with van der Waals surface area (Å²) in [5.74, 6) is -0.552. The zero-order chi connectivity index (χ0) is 18.0. The third-order valence-corrected chi connectivity index (χ3v) is 5.54. The number of carbonyl (C=O) groups excluding carboxylic acids is 1. The number of hydrogen-bond acceptors (Lipinski definition) is 5. The Morgan fingerprint density at radius 1 is 1.08 bits per heavy atom. The normalized spacial score (nSPS) is 15.2. The molecular weight excluding hydrogens is 340 g/mol. The van der Waals surface area contributed by atoms with Crippen molar-refractivity contribution < 1.29 is 17.9 Å². The van der Waals surface area contributed by atoms with Crippen LogP contribution in [0.3, 0.4) is 0 Å². The van der Waals surface area contributed by atoms with Crippen LogP contribution in [0.1, 0.15) is 29.6 Å². The largest absolute Gasteiger partial charge is 0.465 e. The third-order valence-electron chi connectivity index (χ3n) is 4.43. The molecule has 25 heavy (non-hydrogen) atoms. The summed E-state index contributed by atoms with van der Waals surface area (Å²) in [5.41, 5.74) is 1.56. The Labute approximate surface area is 147 Å². The van der Waals surface area contributed by atoms with Crippen molar-refractivity contribution in [3.05, 3.63) is 42.2 Å². The topological polar surface area (TPSA) is 68.6 Å². The van der Waals surface area contributed by atoms with E-state index >= 15 is 0 Å². The number of ether oxygens (including phenoxy) is 1. The van der Waals surface area contributed by atoms with Crippen molar-refractivity contribution >= 4 is 21.5 Å². The van der Waals surface area contributed by atoms with E-state index in [2.05, 4.69) is 4.90 Å². The first-order valence-corrected chi connectivity index (χ1v) is 10.2. The summed E-state index contributed by atoms with van der Waals surface area (Å²) >= 11 is 0. The van der Waals surface area contributed by atoms with E-state index in [0.29, 0.717) is 11.4 Å². The van der Waals surface area contributed by atoms with E-state index in [1.165, 1.54) is 19.4 Å². The van der Waals surface area contributed by atoms with Crippen molar-refractivity contribution in [2.24, 2.45) is 0 Å². The summed E-state index contributed by atoms with van der Waals surface area (Å²) in [5, 5.41) is 0. The van der Waals surface area contributed by atoms with E-state index in [-0.39, 0.29) is 10.5 Å². The molecule has 1 aliphatic rings. The minimum absolute atomic E-state index is 0.168. The Balaban J connectivity index is 2.30. The molecule has 0 spiro atoms. The molecule has 0 aliphatic carbocycles. The molecular formula is C18H22N2O4S. The lowest BCUT2D eigenvalue weighted by molar-refractivity contribution is 0.0600. The lowest BCUT2D eigenvalue weighted by atomic mass is 10.1. The number of methoxy groups -OCH3 is 1. The van der Waals surface area contributed by atoms with Crippen LogP contribution in [0.25, 0.3) is 5.69 Å². The smallest absolute Gasteiger partial charge is 0.337 e. The van der Waals surface area contributed by atoms with Gasteiger partial charge < -0.3 is 14.2 Å². The van der Waals surface area contributed by atoms with E-state index in [4.69, 9.17) is 4.74 Å². The van der Waals surface area contributed by atoms with Crippen LogP contribution in [-0.2, 0) is 14.6 Å². The first-order chi connectivity index (χ1) is 11.9. The first-order valence-electron chi connectivity index (χ1n) is 8.26. The third kappa shape index (κ3) is 3.56. The molecule has 3 rings (SSSR count). The molecule has 0 N–H and O–H groups in total. The summed E-state index contributed by atoms with van der Waals surface area (Å²) in [7, 11) is -2.24. The standard InChI is InChI=1S/C18H22N2O4S/c1-24-18(21)14-12-15(19-8-6-7-9-19)17(16(13-14)25(2,22)23)20-10-4-3-5-11-20/h6-9,12-13H,3-5,10-11H2,1-2H3. The van der Waals surface area contributed by atoms with Crippen LogP contribution in [-0.4, -0.2) is 45.4 Å². The van der Waals surface area contributed by atoms with Crippen molar-refractivity contribution in [1.29, 1.82) is 0 Å². The molecule has 134 valence electrons. The maximum Gasteiger partial charge on any atom is 0.337 e. The molecule has 0 amide bonds. The highest BCUT2D eigenvalue weighted by atomic mass is 32.2. The van der Waals surface area contributed by atoms with Gasteiger partial charge in [-0.2, -0.15) is 0 Å². The fourth-order valence-corrected chi connectivity index (χ4v) is 4.16. The number of sulfone groups is 1. The Bertz CT molecular complexity index is 867. The number of rotatable bonds is 4. The van der Waals surface area contributed by atoms with Crippen LogP contribution < -0.4 is 4.90 Å². The van der Waals surface area contributed by atoms with Gasteiger partial charge in [-0.15, -0.1) is 0 Å². The van der Waals surface area contributed by atoms with Gasteiger partial charge in [0.15, 0.2) is 9.84 Å². The SMILES string of the molecule is COC(=O)c1cc(-n2cccc2)c(N2CCCCC2)c(S(C)(=O)=O)c1. The second kappa shape index (κ2) is 6.92. The van der Waals surface area contributed by atoms with Gasteiger partial charge in [0, 0.05) is 31.7 Å². The molecule has 1 fully saturated rings. The maximum absolute atomic E-state index is 12.5. The summed E-state index contributed by atoms with van der Waals surface area (Å²) < 4.78 is 31.6. The molecule has 2 aromatic rings. The van der Waals surface area contributed by atoms with Gasteiger partial charge >= 0.3 is 5.97 Å². The van der Waals surface area contributed by atoms with E-state index < -0.39 is 15.8 Å². The lowest BCUT2D eigenvalue weighted by Gasteiger charge is -2.32. The summed E-state index contributed by atoms with van der Waals surface area (Å²) in [6, 6.07) is 6.86. The minimum atomic E-state index is -3.52. The molecule has 2 heterocycles. The van der Waals surface area contributed by atoms with Crippen LogP contribution in [0.15, 0.2) is 41.6 Å². The number of carbonyl (C=O) groups is 1. The monoisotopic (exact) mass is 362 g/mol. The predicted octanol–water partition coefficient (Wildman–Crippen LogP) is 2.66. The molecule has 1 aliphatic heterocycles. The van der Waals surface area contributed by atoms with Crippen molar-refractivity contribution in [2.75, 3.05) is 31.4 Å². The molecule has 0 radical (unpaired) electrons. The van der Waals surface area contributed by atoms with Gasteiger partial charge in [0.2, 0.25) is 0 Å². The molecule has 7 heteroatoms. The van der Waals surface area contributed by atoms with E-state index in [9.17, 15) is 13.2 Å². The Morgan fingerprint density at radius 3 is 2.28 bits per heavy atom. The number of aromatic nitrogens is 1. The van der Waals surface area contributed by atoms with Gasteiger partial charge in [-0.1, -0.05) is 0 Å². The fourth-order valence-electron chi connectivity index (χ4n) is 3.24. The Morgan fingerprint density at radius 2 is 1.72 bits per heavy atom. The van der Waals surface area contributed by atoms with Crippen molar-refractivity contribution in [1.82, 2.24) is 4.57 Å². The Hall–Kier alpha value is -2.28. The van der Waals surface area contributed by atoms with E-state index in [1.54, 1.807) is 6.07 Å². The summed E-state index contributed by atoms with van der Waals surface area (Å²) in [4.78, 5) is 14.3. The number of benzene rings is 1. The van der Waals surface area contributed by atoms with Gasteiger partial charge in [-0.05, 0) is 43.5 Å². The van der Waals surface area contributed by atoms with E-state index in [0.717, 1.165) is 32.4 Å². The van der Waals surface area contributed by atoms with Gasteiger partial charge in [0.05, 0.1) is 28.9 Å². The zero-order valence-corrected chi connectivity index (χ0v) is 15.3. The van der Waals surface area contributed by atoms with E-state index in [1.807, 2.05) is 29.1 Å². The molecule has 0 bridgehead atoms. The van der Waals surface area contributed by atoms with Gasteiger partial charge in [-0.25, -0.2) is 13.2 Å². The van der Waals surface area contributed by atoms with Gasteiger partial charge in [-0.3, -0.25) is 0 Å². The zero-order valence-electron chi connectivity index (χ0n) is 14.4. The number of piperidine rings is 1. The molecule has 0 atom stereocenters. The van der Waals surface area contributed by atoms with Crippen LogP contribution in [0.5, 0.6) is 0 Å². The second-order valence-electron chi connectivity index (χ2n) is 6.24. The van der Waals surface area contributed by atoms with Crippen LogP contribution in [0.2, 0.25) is 0 Å². The van der Waals surface area contributed by atoms with Crippen LogP contribution >= 0.6 is 0 Å². The minimum Gasteiger partial charge on any atom is -0.465 e. The van der Waals surface area contributed by atoms with Crippen molar-refractivity contribution in [3.63, 3.8) is 0 Å². The molecule has 1 aromatic carbocycles. The van der Waals surface area contributed by atoms with Crippen molar-refractivity contribution in [2.45, 2.75) is 24.2 Å². The Kier molecular flexibility index (Phi) is 4.85. The first kappa shape index (κ1) is 17.5. The second-order valence-corrected chi connectivity index (χ2v) is 8.23. The van der Waals surface area contributed by atoms with Gasteiger partial charge in [0.25, 0.3) is 0 Å². The average Bonchev–Trinajstić information content (AvgIpc) is 3.14. The molecule has 0 saturated carbocycles.